The van der Waals surface area contributed by atoms with Crippen LogP contribution in [0.3, 0.4) is 0 Å². The summed E-state index contributed by atoms with van der Waals surface area (Å²) in [5.41, 5.74) is 1.12. The lowest BCUT2D eigenvalue weighted by molar-refractivity contribution is -0.137. The van der Waals surface area contributed by atoms with Gasteiger partial charge in [0.2, 0.25) is 5.91 Å². The fourth-order valence-electron chi connectivity index (χ4n) is 4.53. The van der Waals surface area contributed by atoms with Gasteiger partial charge in [-0.3, -0.25) is 9.59 Å². The third kappa shape index (κ3) is 7.73. The largest absolute Gasteiger partial charge is 0.416 e. The number of nitrogens with zero attached hydrogens (tertiary/aromatic N) is 2. The molecule has 8 heteroatoms. The van der Waals surface area contributed by atoms with E-state index in [1.165, 1.54) is 0 Å². The fourth-order valence-corrected chi connectivity index (χ4v) is 4.53. The van der Waals surface area contributed by atoms with Gasteiger partial charge in [-0.05, 0) is 66.3 Å². The maximum Gasteiger partial charge on any atom is 0.416 e. The Labute approximate surface area is 205 Å². The minimum Gasteiger partial charge on any atom is -0.368 e. The van der Waals surface area contributed by atoms with E-state index in [0.29, 0.717) is 31.1 Å². The van der Waals surface area contributed by atoms with Crippen molar-refractivity contribution in [3.63, 3.8) is 0 Å². The maximum absolute atomic E-state index is 12.7. The Morgan fingerprint density at radius 3 is 2.00 bits per heavy atom. The Balaban J connectivity index is 1.50. The van der Waals surface area contributed by atoms with Gasteiger partial charge in [0.05, 0.1) is 5.56 Å². The zero-order chi connectivity index (χ0) is 25.8. The van der Waals surface area contributed by atoms with Crippen LogP contribution < -0.4 is 10.2 Å². The van der Waals surface area contributed by atoms with Crippen molar-refractivity contribution in [2.75, 3.05) is 36.4 Å². The minimum atomic E-state index is -4.44. The van der Waals surface area contributed by atoms with Gasteiger partial charge in [0.1, 0.15) is 0 Å². The lowest BCUT2D eigenvalue weighted by atomic mass is 9.84. The van der Waals surface area contributed by atoms with Crippen molar-refractivity contribution < 1.29 is 22.8 Å². The summed E-state index contributed by atoms with van der Waals surface area (Å²) in [7, 11) is 0. The van der Waals surface area contributed by atoms with E-state index in [2.05, 4.69) is 37.9 Å². The minimum absolute atomic E-state index is 0.152. The number of benzene rings is 2. The summed E-state index contributed by atoms with van der Waals surface area (Å²) < 4.78 is 38.1. The molecule has 0 spiro atoms. The molecular weight excluding hydrogens is 455 g/mol. The molecule has 0 radical (unpaired) electrons. The highest BCUT2D eigenvalue weighted by Gasteiger charge is 2.30. The van der Waals surface area contributed by atoms with Gasteiger partial charge in [0.25, 0.3) is 5.91 Å². The van der Waals surface area contributed by atoms with Crippen molar-refractivity contribution in [2.24, 2.45) is 11.3 Å². The second-order valence-corrected chi connectivity index (χ2v) is 10.5. The number of carbonyl (C=O) groups is 2. The van der Waals surface area contributed by atoms with Crippen LogP contribution in [-0.4, -0.2) is 42.9 Å². The Kier molecular flexibility index (Phi) is 8.13. The smallest absolute Gasteiger partial charge is 0.368 e. The second-order valence-electron chi connectivity index (χ2n) is 10.5. The third-order valence-electron chi connectivity index (χ3n) is 6.08. The molecule has 1 atom stereocenters. The highest BCUT2D eigenvalue weighted by molar-refractivity contribution is 6.04. The topological polar surface area (TPSA) is 52.7 Å². The summed E-state index contributed by atoms with van der Waals surface area (Å²) >= 11 is 0. The highest BCUT2D eigenvalue weighted by atomic mass is 19.4. The normalized spacial score (nSPS) is 15.6. The summed E-state index contributed by atoms with van der Waals surface area (Å²) in [5.74, 6) is 0.0906. The zero-order valence-corrected chi connectivity index (χ0v) is 20.8. The first-order chi connectivity index (χ1) is 16.3. The van der Waals surface area contributed by atoms with Gasteiger partial charge in [0, 0.05) is 49.5 Å². The number of hydrogen-bond donors (Lipinski definition) is 1. The number of nitrogens with one attached hydrogen (secondary N) is 1. The number of anilines is 2. The molecule has 1 N–H and O–H groups in total. The number of carbonyl (C=O) groups excluding carboxylic acids is 2. The Morgan fingerprint density at radius 2 is 1.49 bits per heavy atom. The zero-order valence-electron chi connectivity index (χ0n) is 20.8. The van der Waals surface area contributed by atoms with Crippen molar-refractivity contribution in [1.82, 2.24) is 4.90 Å². The molecule has 1 aliphatic rings. The number of alkyl halides is 3. The molecule has 2 aromatic rings. The van der Waals surface area contributed by atoms with Crippen LogP contribution in [0.25, 0.3) is 0 Å². The number of amides is 2. The number of halogens is 3. The first kappa shape index (κ1) is 26.6. The second kappa shape index (κ2) is 10.7. The number of hydrogen-bond acceptors (Lipinski definition) is 3. The van der Waals surface area contributed by atoms with E-state index in [4.69, 9.17) is 0 Å². The molecule has 1 aliphatic heterocycles. The Morgan fingerprint density at radius 1 is 0.914 bits per heavy atom. The number of piperazine rings is 1. The highest BCUT2D eigenvalue weighted by Crippen LogP contribution is 2.29. The van der Waals surface area contributed by atoms with Crippen LogP contribution in [0.5, 0.6) is 0 Å². The predicted molar refractivity (Wildman–Crippen MR) is 132 cm³/mol. The Bertz CT molecular complexity index is 1000. The van der Waals surface area contributed by atoms with E-state index in [0.717, 1.165) is 49.5 Å². The lowest BCUT2D eigenvalue weighted by Crippen LogP contribution is -2.49. The molecule has 1 saturated heterocycles. The third-order valence-corrected chi connectivity index (χ3v) is 6.08. The van der Waals surface area contributed by atoms with Crippen LogP contribution in [-0.2, 0) is 11.0 Å². The quantitative estimate of drug-likeness (QED) is 0.536. The van der Waals surface area contributed by atoms with E-state index < -0.39 is 17.6 Å². The molecule has 0 bridgehead atoms. The van der Waals surface area contributed by atoms with Gasteiger partial charge in [-0.1, -0.05) is 27.7 Å². The maximum atomic E-state index is 12.7. The molecule has 2 aromatic carbocycles. The van der Waals surface area contributed by atoms with Gasteiger partial charge in [-0.15, -0.1) is 0 Å². The van der Waals surface area contributed by atoms with Crippen LogP contribution >= 0.6 is 0 Å². The molecule has 1 heterocycles. The molecule has 1 unspecified atom stereocenters. The van der Waals surface area contributed by atoms with Gasteiger partial charge >= 0.3 is 6.18 Å². The lowest BCUT2D eigenvalue weighted by Gasteiger charge is -2.37. The number of rotatable bonds is 6. The summed E-state index contributed by atoms with van der Waals surface area (Å²) in [4.78, 5) is 29.2. The summed E-state index contributed by atoms with van der Waals surface area (Å²) in [6.45, 7) is 11.5. The Hall–Kier alpha value is -3.03. The van der Waals surface area contributed by atoms with Gasteiger partial charge in [-0.2, -0.15) is 13.2 Å². The average Bonchev–Trinajstić information content (AvgIpc) is 2.78. The summed E-state index contributed by atoms with van der Waals surface area (Å²) in [5, 5.41) is 2.71. The van der Waals surface area contributed by atoms with E-state index in [9.17, 15) is 22.8 Å². The van der Waals surface area contributed by atoms with Crippen molar-refractivity contribution in [1.29, 1.82) is 0 Å². The summed E-state index contributed by atoms with van der Waals surface area (Å²) in [6, 6.07) is 11.4. The molecule has 3 rings (SSSR count). The molecule has 35 heavy (non-hydrogen) atoms. The average molecular weight is 490 g/mol. The first-order valence-electron chi connectivity index (χ1n) is 11.9. The molecule has 0 aromatic heterocycles. The molecule has 0 aliphatic carbocycles. The summed E-state index contributed by atoms with van der Waals surface area (Å²) in [6.07, 6.45) is -2.85. The van der Waals surface area contributed by atoms with E-state index in [-0.39, 0.29) is 16.9 Å². The molecule has 2 amide bonds. The van der Waals surface area contributed by atoms with Crippen LogP contribution in [0.15, 0.2) is 48.5 Å². The van der Waals surface area contributed by atoms with Crippen molar-refractivity contribution in [3.8, 4) is 0 Å². The van der Waals surface area contributed by atoms with E-state index in [1.807, 2.05) is 17.0 Å². The molecule has 5 nitrogen and oxygen atoms in total. The predicted octanol–water partition coefficient (Wildman–Crippen LogP) is 6.07. The van der Waals surface area contributed by atoms with Crippen LogP contribution in [0.2, 0.25) is 0 Å². The van der Waals surface area contributed by atoms with Crippen LogP contribution in [0, 0.1) is 11.3 Å². The van der Waals surface area contributed by atoms with Crippen LogP contribution in [0.4, 0.5) is 24.5 Å². The molecular formula is C27H34F3N3O2. The molecule has 190 valence electrons. The fraction of sp³-hybridized carbons (Fsp3) is 0.481. The molecule has 1 fully saturated rings. The van der Waals surface area contributed by atoms with Crippen molar-refractivity contribution >= 4 is 23.2 Å². The first-order valence-corrected chi connectivity index (χ1v) is 11.9. The van der Waals surface area contributed by atoms with Crippen molar-refractivity contribution in [3.05, 3.63) is 59.7 Å². The van der Waals surface area contributed by atoms with Gasteiger partial charge in [0.15, 0.2) is 0 Å². The van der Waals surface area contributed by atoms with Crippen molar-refractivity contribution in [2.45, 2.75) is 46.7 Å². The van der Waals surface area contributed by atoms with Gasteiger partial charge < -0.3 is 15.1 Å². The van der Waals surface area contributed by atoms with Crippen LogP contribution in [0.1, 0.15) is 56.5 Å². The standard InChI is InChI=1S/C27H34F3N3O2/c1-19(18-26(2,3)4)17-24(34)33-15-13-32(14-16-33)23-11-9-22(10-12-23)31-25(35)20-5-7-21(8-6-20)27(28,29)30/h5-12,19H,13-18H2,1-4H3,(H,31,35). The monoisotopic (exact) mass is 489 g/mol. The van der Waals surface area contributed by atoms with E-state index >= 15 is 0 Å². The molecule has 0 saturated carbocycles. The SMILES string of the molecule is CC(CC(=O)N1CCN(c2ccc(NC(=O)c3ccc(C(F)(F)F)cc3)cc2)CC1)CC(C)(C)C. The van der Waals surface area contributed by atoms with E-state index in [1.54, 1.807) is 12.1 Å². The van der Waals surface area contributed by atoms with Gasteiger partial charge in [-0.25, -0.2) is 0 Å².